The van der Waals surface area contributed by atoms with Gasteiger partial charge in [0.25, 0.3) is 0 Å². The van der Waals surface area contributed by atoms with Crippen LogP contribution in [0.5, 0.6) is 5.75 Å². The molecule has 0 spiro atoms. The van der Waals surface area contributed by atoms with E-state index in [4.69, 9.17) is 9.47 Å². The minimum absolute atomic E-state index is 0.00182. The van der Waals surface area contributed by atoms with Crippen LogP contribution in [0.4, 0.5) is 0 Å². The quantitative estimate of drug-likeness (QED) is 0.552. The summed E-state index contributed by atoms with van der Waals surface area (Å²) in [6, 6.07) is 7.61. The summed E-state index contributed by atoms with van der Waals surface area (Å²) < 4.78 is 13.8. The summed E-state index contributed by atoms with van der Waals surface area (Å²) in [5.74, 6) is 1.71. The molecule has 1 aromatic carbocycles. The van der Waals surface area contributed by atoms with E-state index in [1.807, 2.05) is 45.0 Å². The molecule has 2 rings (SSSR count). The Kier molecular flexibility index (Phi) is 13.3. The van der Waals surface area contributed by atoms with E-state index in [-0.39, 0.29) is 23.8 Å². The van der Waals surface area contributed by atoms with Gasteiger partial charge in [0.05, 0.1) is 19.6 Å². The van der Waals surface area contributed by atoms with Crippen LogP contribution in [-0.4, -0.2) is 38.7 Å². The van der Waals surface area contributed by atoms with E-state index in [0.717, 1.165) is 17.3 Å². The molecule has 0 saturated heterocycles. The Morgan fingerprint density at radius 1 is 1.10 bits per heavy atom. The van der Waals surface area contributed by atoms with Crippen molar-refractivity contribution in [3.8, 4) is 5.75 Å². The molecular formula is C23H38N2O4S. The van der Waals surface area contributed by atoms with E-state index in [1.54, 1.807) is 14.2 Å². The average Bonchev–Trinajstić information content (AvgIpc) is 2.77. The number of amides is 2. The first-order valence-electron chi connectivity index (χ1n) is 10.8. The molecule has 0 radical (unpaired) electrons. The Morgan fingerprint density at radius 2 is 1.73 bits per heavy atom. The summed E-state index contributed by atoms with van der Waals surface area (Å²) >= 11 is 1.33. The number of carbonyl (C=O) groups excluding carboxylic acids is 2. The van der Waals surface area contributed by atoms with E-state index in [0.29, 0.717) is 12.3 Å². The average molecular weight is 439 g/mol. The predicted molar refractivity (Wildman–Crippen MR) is 123 cm³/mol. The molecule has 1 unspecified atom stereocenters. The van der Waals surface area contributed by atoms with Gasteiger partial charge < -0.3 is 14.8 Å². The van der Waals surface area contributed by atoms with Crippen molar-refractivity contribution in [2.24, 2.45) is 11.8 Å². The maximum Gasteiger partial charge on any atom is 0.232 e. The summed E-state index contributed by atoms with van der Waals surface area (Å²) in [6.45, 7) is 6.48. The maximum absolute atomic E-state index is 12.0. The highest BCUT2D eigenvalue weighted by atomic mass is 32.2. The summed E-state index contributed by atoms with van der Waals surface area (Å²) in [6.07, 6.45) is 6.90. The second-order valence-corrected chi connectivity index (χ2v) is 8.80. The third-order valence-corrected chi connectivity index (χ3v) is 5.76. The highest BCUT2D eigenvalue weighted by Crippen LogP contribution is 2.24. The Morgan fingerprint density at radius 3 is 2.23 bits per heavy atom. The second kappa shape index (κ2) is 15.1. The molecule has 1 aliphatic rings. The zero-order chi connectivity index (χ0) is 22.4. The Labute approximate surface area is 186 Å². The number of hydrogen-bond donors (Lipinski definition) is 2. The van der Waals surface area contributed by atoms with Crippen molar-refractivity contribution in [3.05, 3.63) is 24.3 Å². The lowest BCUT2D eigenvalue weighted by molar-refractivity contribution is -0.123. The number of methoxy groups -OCH3 is 1. The standard InChI is InChI=1S/C18H27NO3S.C5H11NO/c1-14(22-13-15-6-4-3-5-7-15)12-18(20)19-23-17-10-8-16(21-2)9-11-17;1-4(2)5(7)6-3/h8-11,14-15H,3-7,12-13H2,1-2H3,(H,19,20);4H,1-3H3,(H,6,7). The highest BCUT2D eigenvalue weighted by molar-refractivity contribution is 7.98. The van der Waals surface area contributed by atoms with Crippen LogP contribution in [-0.2, 0) is 14.3 Å². The number of hydrogen-bond acceptors (Lipinski definition) is 5. The van der Waals surface area contributed by atoms with Gasteiger partial charge in [-0.3, -0.25) is 14.3 Å². The fourth-order valence-electron chi connectivity index (χ4n) is 3.06. The monoisotopic (exact) mass is 438 g/mol. The molecule has 1 saturated carbocycles. The Hall–Kier alpha value is -1.73. The Bertz CT molecular complexity index is 616. The molecule has 0 heterocycles. The van der Waals surface area contributed by atoms with Crippen LogP contribution in [0.3, 0.4) is 0 Å². The van der Waals surface area contributed by atoms with Crippen molar-refractivity contribution in [2.75, 3.05) is 20.8 Å². The largest absolute Gasteiger partial charge is 0.497 e. The molecule has 30 heavy (non-hydrogen) atoms. The molecule has 0 aromatic heterocycles. The zero-order valence-electron chi connectivity index (χ0n) is 19.0. The lowest BCUT2D eigenvalue weighted by Crippen LogP contribution is -2.24. The molecule has 0 bridgehead atoms. The number of carbonyl (C=O) groups is 2. The van der Waals surface area contributed by atoms with Crippen molar-refractivity contribution in [2.45, 2.75) is 70.3 Å². The van der Waals surface area contributed by atoms with Crippen LogP contribution in [0, 0.1) is 11.8 Å². The van der Waals surface area contributed by atoms with E-state index in [9.17, 15) is 9.59 Å². The van der Waals surface area contributed by atoms with E-state index in [1.165, 1.54) is 44.1 Å². The first-order valence-corrected chi connectivity index (χ1v) is 11.6. The first kappa shape index (κ1) is 26.3. The fraction of sp³-hybridized carbons (Fsp3) is 0.652. The van der Waals surface area contributed by atoms with Gasteiger partial charge >= 0.3 is 0 Å². The Balaban J connectivity index is 0.000000553. The number of nitrogens with one attached hydrogen (secondary N) is 2. The van der Waals surface area contributed by atoms with Gasteiger partial charge in [-0.1, -0.05) is 33.1 Å². The van der Waals surface area contributed by atoms with Crippen LogP contribution in [0.25, 0.3) is 0 Å². The normalized spacial score (nSPS) is 15.0. The third-order valence-electron chi connectivity index (χ3n) is 4.93. The molecule has 1 atom stereocenters. The van der Waals surface area contributed by atoms with Crippen LogP contribution in [0.1, 0.15) is 59.3 Å². The molecule has 6 nitrogen and oxygen atoms in total. The van der Waals surface area contributed by atoms with Crippen molar-refractivity contribution in [1.82, 2.24) is 10.0 Å². The highest BCUT2D eigenvalue weighted by Gasteiger charge is 2.16. The minimum atomic E-state index is -0.0339. The van der Waals surface area contributed by atoms with Crippen molar-refractivity contribution < 1.29 is 19.1 Å². The third kappa shape index (κ3) is 11.5. The maximum atomic E-state index is 12.0. The van der Waals surface area contributed by atoms with Gasteiger partial charge in [-0.15, -0.1) is 0 Å². The minimum Gasteiger partial charge on any atom is -0.497 e. The van der Waals surface area contributed by atoms with Gasteiger partial charge in [0, 0.05) is 24.5 Å². The van der Waals surface area contributed by atoms with Crippen LogP contribution >= 0.6 is 11.9 Å². The molecule has 1 fully saturated rings. The van der Waals surface area contributed by atoms with Gasteiger partial charge in [-0.05, 0) is 61.9 Å². The van der Waals surface area contributed by atoms with Crippen LogP contribution in [0.15, 0.2) is 29.2 Å². The molecule has 0 aliphatic heterocycles. The van der Waals surface area contributed by atoms with E-state index in [2.05, 4.69) is 10.0 Å². The zero-order valence-corrected chi connectivity index (χ0v) is 19.8. The number of rotatable bonds is 9. The molecule has 170 valence electrons. The number of benzene rings is 1. The summed E-state index contributed by atoms with van der Waals surface area (Å²) in [5, 5.41) is 2.53. The van der Waals surface area contributed by atoms with E-state index < -0.39 is 0 Å². The smallest absolute Gasteiger partial charge is 0.232 e. The van der Waals surface area contributed by atoms with Gasteiger partial charge in [0.2, 0.25) is 11.8 Å². The molecular weight excluding hydrogens is 400 g/mol. The molecule has 1 aliphatic carbocycles. The molecule has 2 N–H and O–H groups in total. The SMILES string of the molecule is CNC(=O)C(C)C.COc1ccc(SNC(=O)CC(C)OCC2CCCCC2)cc1. The predicted octanol–water partition coefficient (Wildman–Crippen LogP) is 4.58. The van der Waals surface area contributed by atoms with Gasteiger partial charge in [0.1, 0.15) is 5.75 Å². The van der Waals surface area contributed by atoms with Gasteiger partial charge in [-0.25, -0.2) is 0 Å². The molecule has 7 heteroatoms. The molecule has 2 amide bonds. The lowest BCUT2D eigenvalue weighted by atomic mass is 9.90. The van der Waals surface area contributed by atoms with Gasteiger partial charge in [-0.2, -0.15) is 0 Å². The van der Waals surface area contributed by atoms with Crippen molar-refractivity contribution in [1.29, 1.82) is 0 Å². The topological polar surface area (TPSA) is 76.7 Å². The van der Waals surface area contributed by atoms with E-state index >= 15 is 0 Å². The fourth-order valence-corrected chi connectivity index (χ4v) is 3.65. The number of ether oxygens (including phenoxy) is 2. The van der Waals surface area contributed by atoms with Gasteiger partial charge in [0.15, 0.2) is 0 Å². The summed E-state index contributed by atoms with van der Waals surface area (Å²) in [5.41, 5.74) is 0. The lowest BCUT2D eigenvalue weighted by Gasteiger charge is -2.23. The molecule has 1 aromatic rings. The summed E-state index contributed by atoms with van der Waals surface area (Å²) in [4.78, 5) is 23.3. The van der Waals surface area contributed by atoms with Crippen molar-refractivity contribution in [3.63, 3.8) is 0 Å². The summed E-state index contributed by atoms with van der Waals surface area (Å²) in [7, 11) is 3.28. The van der Waals surface area contributed by atoms with Crippen LogP contribution in [0.2, 0.25) is 0 Å². The second-order valence-electron chi connectivity index (χ2n) is 7.92. The van der Waals surface area contributed by atoms with Crippen molar-refractivity contribution >= 4 is 23.8 Å². The van der Waals surface area contributed by atoms with Crippen LogP contribution < -0.4 is 14.8 Å². The first-order chi connectivity index (χ1) is 14.3.